The van der Waals surface area contributed by atoms with Crippen molar-refractivity contribution in [2.24, 2.45) is 11.7 Å². The quantitative estimate of drug-likeness (QED) is 0.524. The number of carboxylic acid groups (broad SMARTS) is 1. The van der Waals surface area contributed by atoms with Gasteiger partial charge in [-0.2, -0.15) is 12.6 Å². The summed E-state index contributed by atoms with van der Waals surface area (Å²) in [6.07, 6.45) is 0.499. The summed E-state index contributed by atoms with van der Waals surface area (Å²) in [6, 6.07) is -0.102. The molecule has 2 atom stereocenters. The second kappa shape index (κ2) is 4.57. The Hall–Kier alpha value is -0.220. The Morgan fingerprint density at radius 1 is 1.80 bits per heavy atom. The van der Waals surface area contributed by atoms with Crippen molar-refractivity contribution in [1.29, 1.82) is 0 Å². The zero-order valence-electron chi connectivity index (χ0n) is 5.95. The van der Waals surface area contributed by atoms with Crippen LogP contribution in [0, 0.1) is 5.92 Å². The highest BCUT2D eigenvalue weighted by atomic mass is 32.1. The molecule has 0 spiro atoms. The van der Waals surface area contributed by atoms with Crippen LogP contribution in [0.4, 0.5) is 0 Å². The molecule has 3 N–H and O–H groups in total. The normalized spacial score (nSPS) is 16.3. The molecule has 10 heavy (non-hydrogen) atoms. The van der Waals surface area contributed by atoms with Crippen LogP contribution in [0.3, 0.4) is 0 Å². The minimum atomic E-state index is -0.794. The van der Waals surface area contributed by atoms with E-state index >= 15 is 0 Å². The van der Waals surface area contributed by atoms with Gasteiger partial charge in [-0.25, -0.2) is 0 Å². The van der Waals surface area contributed by atoms with Gasteiger partial charge in [0.1, 0.15) is 0 Å². The van der Waals surface area contributed by atoms with Gasteiger partial charge >= 0.3 is 5.97 Å². The summed E-state index contributed by atoms with van der Waals surface area (Å²) in [5.74, 6) is -0.614. The number of nitrogens with two attached hydrogens (primary N) is 1. The molecule has 60 valence electrons. The van der Waals surface area contributed by atoms with Crippen LogP contribution in [0.25, 0.3) is 0 Å². The monoisotopic (exact) mass is 163 g/mol. The number of carboxylic acids is 1. The molecule has 0 aromatic rings. The molecule has 0 fully saturated rings. The second-order valence-electron chi connectivity index (χ2n) is 2.42. The van der Waals surface area contributed by atoms with Gasteiger partial charge < -0.3 is 10.8 Å². The molecule has 0 bridgehead atoms. The van der Waals surface area contributed by atoms with E-state index in [9.17, 15) is 4.79 Å². The maximum atomic E-state index is 10.3. The van der Waals surface area contributed by atoms with E-state index in [1.54, 1.807) is 6.92 Å². The molecule has 0 amide bonds. The standard InChI is InChI=1S/C6H13NO2S/c1-4(6(8)9)2-5(7)3-10/h4-5,10H,2-3,7H2,1H3,(H,8,9)/t4-,5-/m0/s1. The summed E-state index contributed by atoms with van der Waals surface area (Å²) < 4.78 is 0. The van der Waals surface area contributed by atoms with Crippen LogP contribution < -0.4 is 5.73 Å². The molecule has 0 aliphatic rings. The van der Waals surface area contributed by atoms with Crippen molar-refractivity contribution in [3.63, 3.8) is 0 Å². The third-order valence-corrected chi connectivity index (χ3v) is 1.78. The first-order valence-corrected chi connectivity index (χ1v) is 3.80. The first-order valence-electron chi connectivity index (χ1n) is 3.17. The maximum Gasteiger partial charge on any atom is 0.306 e. The Morgan fingerprint density at radius 3 is 2.60 bits per heavy atom. The Kier molecular flexibility index (Phi) is 4.47. The first kappa shape index (κ1) is 9.78. The summed E-state index contributed by atoms with van der Waals surface area (Å²) >= 11 is 3.94. The SMILES string of the molecule is C[C@@H](C[C@H](N)CS)C(=O)O. The number of hydrogen-bond donors (Lipinski definition) is 3. The Bertz CT molecular complexity index is 118. The molecule has 0 radical (unpaired) electrons. The van der Waals surface area contributed by atoms with Crippen molar-refractivity contribution in [1.82, 2.24) is 0 Å². The van der Waals surface area contributed by atoms with Crippen LogP contribution in [-0.2, 0) is 4.79 Å². The predicted octanol–water partition coefficient (Wildman–Crippen LogP) is 0.354. The van der Waals surface area contributed by atoms with E-state index in [2.05, 4.69) is 12.6 Å². The topological polar surface area (TPSA) is 63.3 Å². The van der Waals surface area contributed by atoms with Crippen LogP contribution in [0.2, 0.25) is 0 Å². The maximum absolute atomic E-state index is 10.3. The van der Waals surface area contributed by atoms with Crippen LogP contribution in [0.1, 0.15) is 13.3 Å². The Balaban J connectivity index is 3.56. The molecule has 0 saturated heterocycles. The van der Waals surface area contributed by atoms with Crippen LogP contribution in [-0.4, -0.2) is 22.9 Å². The van der Waals surface area contributed by atoms with E-state index in [1.165, 1.54) is 0 Å². The fraction of sp³-hybridized carbons (Fsp3) is 0.833. The molecule has 0 heterocycles. The van der Waals surface area contributed by atoms with E-state index in [0.29, 0.717) is 12.2 Å². The van der Waals surface area contributed by atoms with Gasteiger partial charge in [0, 0.05) is 11.8 Å². The van der Waals surface area contributed by atoms with Gasteiger partial charge in [-0.1, -0.05) is 6.92 Å². The van der Waals surface area contributed by atoms with Crippen LogP contribution >= 0.6 is 12.6 Å². The molecule has 0 aliphatic carbocycles. The van der Waals surface area contributed by atoms with Gasteiger partial charge in [0.2, 0.25) is 0 Å². The van der Waals surface area contributed by atoms with Gasteiger partial charge in [-0.05, 0) is 6.42 Å². The van der Waals surface area contributed by atoms with E-state index in [0.717, 1.165) is 0 Å². The summed E-state index contributed by atoms with van der Waals surface area (Å²) in [7, 11) is 0. The van der Waals surface area contributed by atoms with Crippen molar-refractivity contribution >= 4 is 18.6 Å². The fourth-order valence-corrected chi connectivity index (χ4v) is 0.779. The number of carbonyl (C=O) groups is 1. The highest BCUT2D eigenvalue weighted by Gasteiger charge is 2.13. The minimum absolute atomic E-state index is 0.102. The number of thiol groups is 1. The van der Waals surface area contributed by atoms with Crippen molar-refractivity contribution in [2.75, 3.05) is 5.75 Å². The van der Waals surface area contributed by atoms with Gasteiger partial charge in [-0.3, -0.25) is 4.79 Å². The smallest absolute Gasteiger partial charge is 0.306 e. The summed E-state index contributed by atoms with van der Waals surface area (Å²) in [6.45, 7) is 1.64. The number of rotatable bonds is 4. The zero-order valence-corrected chi connectivity index (χ0v) is 6.84. The average molecular weight is 163 g/mol. The lowest BCUT2D eigenvalue weighted by molar-refractivity contribution is -0.141. The minimum Gasteiger partial charge on any atom is -0.481 e. The van der Waals surface area contributed by atoms with Gasteiger partial charge in [0.25, 0.3) is 0 Å². The Labute approximate surface area is 66.0 Å². The largest absolute Gasteiger partial charge is 0.481 e. The third-order valence-electron chi connectivity index (χ3n) is 1.31. The van der Waals surface area contributed by atoms with E-state index < -0.39 is 5.97 Å². The lowest BCUT2D eigenvalue weighted by Crippen LogP contribution is -2.27. The molecule has 0 aromatic carbocycles. The molecular weight excluding hydrogens is 150 g/mol. The van der Waals surface area contributed by atoms with E-state index in [-0.39, 0.29) is 12.0 Å². The molecule has 0 rings (SSSR count). The lowest BCUT2D eigenvalue weighted by atomic mass is 10.0. The molecular formula is C6H13NO2S. The highest BCUT2D eigenvalue weighted by molar-refractivity contribution is 7.80. The lowest BCUT2D eigenvalue weighted by Gasteiger charge is -2.10. The molecule has 0 aromatic heterocycles. The van der Waals surface area contributed by atoms with Crippen molar-refractivity contribution in [3.05, 3.63) is 0 Å². The highest BCUT2D eigenvalue weighted by Crippen LogP contribution is 2.04. The van der Waals surface area contributed by atoms with E-state index in [4.69, 9.17) is 10.8 Å². The summed E-state index contributed by atoms with van der Waals surface area (Å²) in [5, 5.41) is 8.45. The zero-order chi connectivity index (χ0) is 8.15. The molecule has 4 heteroatoms. The van der Waals surface area contributed by atoms with Crippen molar-refractivity contribution in [3.8, 4) is 0 Å². The van der Waals surface area contributed by atoms with Crippen LogP contribution in [0.15, 0.2) is 0 Å². The molecule has 3 nitrogen and oxygen atoms in total. The fourth-order valence-electron chi connectivity index (χ4n) is 0.629. The number of aliphatic carboxylic acids is 1. The van der Waals surface area contributed by atoms with Crippen molar-refractivity contribution in [2.45, 2.75) is 19.4 Å². The van der Waals surface area contributed by atoms with E-state index in [1.807, 2.05) is 0 Å². The number of hydrogen-bond acceptors (Lipinski definition) is 3. The van der Waals surface area contributed by atoms with Gasteiger partial charge in [0.05, 0.1) is 5.92 Å². The Morgan fingerprint density at radius 2 is 2.30 bits per heavy atom. The summed E-state index contributed by atoms with van der Waals surface area (Å²) in [4.78, 5) is 10.3. The molecule has 0 saturated carbocycles. The average Bonchev–Trinajstić information content (AvgIpc) is 1.87. The first-order chi connectivity index (χ1) is 4.57. The van der Waals surface area contributed by atoms with Gasteiger partial charge in [0.15, 0.2) is 0 Å². The van der Waals surface area contributed by atoms with Gasteiger partial charge in [-0.15, -0.1) is 0 Å². The third kappa shape index (κ3) is 3.74. The molecule has 0 aliphatic heterocycles. The van der Waals surface area contributed by atoms with Crippen molar-refractivity contribution < 1.29 is 9.90 Å². The van der Waals surface area contributed by atoms with Crippen LogP contribution in [0.5, 0.6) is 0 Å². The second-order valence-corrected chi connectivity index (χ2v) is 2.78. The molecule has 0 unspecified atom stereocenters. The predicted molar refractivity (Wildman–Crippen MR) is 43.2 cm³/mol. The summed E-state index contributed by atoms with van der Waals surface area (Å²) in [5.41, 5.74) is 5.47.